The predicted molar refractivity (Wildman–Crippen MR) is 80.6 cm³/mol. The van der Waals surface area contributed by atoms with E-state index in [4.69, 9.17) is 0 Å². The second kappa shape index (κ2) is 6.15. The molecule has 1 saturated heterocycles. The first-order valence-electron chi connectivity index (χ1n) is 8.07. The molecule has 2 N–H and O–H groups in total. The van der Waals surface area contributed by atoms with Crippen molar-refractivity contribution >= 4 is 5.91 Å². The number of carbonyl (C=O) groups excluding carboxylic acids is 1. The molecule has 3 nitrogen and oxygen atoms in total. The molecule has 6 heteroatoms. The van der Waals surface area contributed by atoms with E-state index in [9.17, 15) is 18.0 Å². The molecule has 0 radical (unpaired) electrons. The topological polar surface area (TPSA) is 41.1 Å². The zero-order chi connectivity index (χ0) is 16.5. The standard InChI is InChI=1S/C17H21F3N2O/c18-17(19,20)13-6-3-4-12(8-13)9-22-15(23)16-7-2-1-5-14(16)10-21-11-16/h3-4,6,8,14,21H,1-2,5,7,9-11H2,(H,22,23)/t14-,16+/m0/s1. The van der Waals surface area contributed by atoms with Gasteiger partial charge in [-0.15, -0.1) is 0 Å². The van der Waals surface area contributed by atoms with Gasteiger partial charge in [-0.1, -0.05) is 25.0 Å². The SMILES string of the molecule is O=C(NCc1cccc(C(F)(F)F)c1)[C@@]12CCCC[C@H]1CNC2. The number of carbonyl (C=O) groups is 1. The Morgan fingerprint density at radius 1 is 1.35 bits per heavy atom. The van der Waals surface area contributed by atoms with E-state index in [0.29, 0.717) is 18.0 Å². The molecule has 3 rings (SSSR count). The Kier molecular flexibility index (Phi) is 4.36. The van der Waals surface area contributed by atoms with E-state index in [1.807, 2.05) is 0 Å². The summed E-state index contributed by atoms with van der Waals surface area (Å²) < 4.78 is 38.2. The van der Waals surface area contributed by atoms with Gasteiger partial charge < -0.3 is 10.6 Å². The largest absolute Gasteiger partial charge is 0.416 e. The molecule has 0 spiro atoms. The van der Waals surface area contributed by atoms with Crippen LogP contribution in [0, 0.1) is 11.3 Å². The summed E-state index contributed by atoms with van der Waals surface area (Å²) in [7, 11) is 0. The van der Waals surface area contributed by atoms with Gasteiger partial charge in [0.1, 0.15) is 0 Å². The van der Waals surface area contributed by atoms with Crippen LogP contribution < -0.4 is 10.6 Å². The zero-order valence-electron chi connectivity index (χ0n) is 12.9. The summed E-state index contributed by atoms with van der Waals surface area (Å²) in [5.41, 5.74) is -0.580. The van der Waals surface area contributed by atoms with Crippen LogP contribution >= 0.6 is 0 Å². The Hall–Kier alpha value is -1.56. The third-order valence-corrected chi connectivity index (χ3v) is 5.20. The second-order valence-electron chi connectivity index (χ2n) is 6.61. The Morgan fingerprint density at radius 3 is 2.96 bits per heavy atom. The highest BCUT2D eigenvalue weighted by molar-refractivity contribution is 5.83. The molecule has 2 atom stereocenters. The van der Waals surface area contributed by atoms with Crippen molar-refractivity contribution in [1.29, 1.82) is 0 Å². The minimum Gasteiger partial charge on any atom is -0.351 e. The average molecular weight is 326 g/mol. The molecular weight excluding hydrogens is 305 g/mol. The van der Waals surface area contributed by atoms with Gasteiger partial charge >= 0.3 is 6.18 Å². The first kappa shape index (κ1) is 16.3. The van der Waals surface area contributed by atoms with E-state index < -0.39 is 11.7 Å². The fourth-order valence-corrected chi connectivity index (χ4v) is 3.91. The number of benzene rings is 1. The van der Waals surface area contributed by atoms with Crippen molar-refractivity contribution in [3.05, 3.63) is 35.4 Å². The summed E-state index contributed by atoms with van der Waals surface area (Å²) in [4.78, 5) is 12.7. The molecular formula is C17H21F3N2O. The van der Waals surface area contributed by atoms with Gasteiger partial charge in [0, 0.05) is 13.1 Å². The first-order valence-corrected chi connectivity index (χ1v) is 8.07. The van der Waals surface area contributed by atoms with Crippen LogP contribution in [0.2, 0.25) is 0 Å². The van der Waals surface area contributed by atoms with Crippen molar-refractivity contribution in [2.24, 2.45) is 11.3 Å². The molecule has 2 fully saturated rings. The number of amides is 1. The smallest absolute Gasteiger partial charge is 0.351 e. The van der Waals surface area contributed by atoms with Crippen LogP contribution in [0.4, 0.5) is 13.2 Å². The molecule has 1 aliphatic carbocycles. The summed E-state index contributed by atoms with van der Waals surface area (Å²) in [5, 5.41) is 6.17. The lowest BCUT2D eigenvalue weighted by Crippen LogP contribution is -2.47. The van der Waals surface area contributed by atoms with Gasteiger partial charge in [0.2, 0.25) is 5.91 Å². The van der Waals surface area contributed by atoms with Gasteiger partial charge in [0.05, 0.1) is 11.0 Å². The molecule has 0 unspecified atom stereocenters. The summed E-state index contributed by atoms with van der Waals surface area (Å²) in [6.07, 6.45) is -0.268. The van der Waals surface area contributed by atoms with Gasteiger partial charge in [0.15, 0.2) is 0 Å². The van der Waals surface area contributed by atoms with Gasteiger partial charge in [-0.3, -0.25) is 4.79 Å². The number of hydrogen-bond donors (Lipinski definition) is 2. The highest BCUT2D eigenvalue weighted by Gasteiger charge is 2.49. The van der Waals surface area contributed by atoms with Crippen molar-refractivity contribution in [3.8, 4) is 0 Å². The van der Waals surface area contributed by atoms with E-state index in [1.54, 1.807) is 6.07 Å². The molecule has 1 amide bonds. The molecule has 1 saturated carbocycles. The Morgan fingerprint density at radius 2 is 2.17 bits per heavy atom. The van der Waals surface area contributed by atoms with Gasteiger partial charge in [-0.2, -0.15) is 13.2 Å². The molecule has 1 heterocycles. The lowest BCUT2D eigenvalue weighted by atomic mass is 9.67. The highest BCUT2D eigenvalue weighted by Crippen LogP contribution is 2.43. The zero-order valence-corrected chi connectivity index (χ0v) is 12.9. The van der Waals surface area contributed by atoms with Crippen molar-refractivity contribution in [2.45, 2.75) is 38.4 Å². The Labute approximate surface area is 133 Å². The molecule has 1 aliphatic heterocycles. The molecule has 23 heavy (non-hydrogen) atoms. The monoisotopic (exact) mass is 326 g/mol. The number of nitrogens with one attached hydrogen (secondary N) is 2. The minimum atomic E-state index is -4.36. The van der Waals surface area contributed by atoms with E-state index in [2.05, 4.69) is 10.6 Å². The van der Waals surface area contributed by atoms with Gasteiger partial charge in [-0.05, 0) is 43.0 Å². The van der Waals surface area contributed by atoms with Crippen LogP contribution in [0.15, 0.2) is 24.3 Å². The average Bonchev–Trinajstić information content (AvgIpc) is 2.97. The number of halogens is 3. The van der Waals surface area contributed by atoms with E-state index in [1.165, 1.54) is 6.07 Å². The maximum absolute atomic E-state index is 12.7. The number of hydrogen-bond acceptors (Lipinski definition) is 2. The van der Waals surface area contributed by atoms with Gasteiger partial charge in [0.25, 0.3) is 0 Å². The van der Waals surface area contributed by atoms with Crippen LogP contribution in [-0.4, -0.2) is 19.0 Å². The summed E-state index contributed by atoms with van der Waals surface area (Å²) >= 11 is 0. The first-order chi connectivity index (χ1) is 10.9. The number of fused-ring (bicyclic) bond motifs is 1. The fourth-order valence-electron chi connectivity index (χ4n) is 3.91. The summed E-state index contributed by atoms with van der Waals surface area (Å²) in [5.74, 6) is 0.322. The fraction of sp³-hybridized carbons (Fsp3) is 0.588. The van der Waals surface area contributed by atoms with E-state index in [-0.39, 0.29) is 17.9 Å². The van der Waals surface area contributed by atoms with Crippen molar-refractivity contribution in [1.82, 2.24) is 10.6 Å². The van der Waals surface area contributed by atoms with E-state index >= 15 is 0 Å². The third kappa shape index (κ3) is 3.22. The summed E-state index contributed by atoms with van der Waals surface area (Å²) in [6, 6.07) is 5.13. The molecule has 2 aliphatic rings. The molecule has 126 valence electrons. The van der Waals surface area contributed by atoms with Crippen molar-refractivity contribution in [3.63, 3.8) is 0 Å². The lowest BCUT2D eigenvalue weighted by molar-refractivity contribution is -0.137. The van der Waals surface area contributed by atoms with Crippen molar-refractivity contribution in [2.75, 3.05) is 13.1 Å². The Balaban J connectivity index is 1.67. The molecule has 1 aromatic carbocycles. The maximum Gasteiger partial charge on any atom is 0.416 e. The van der Waals surface area contributed by atoms with Gasteiger partial charge in [-0.25, -0.2) is 0 Å². The molecule has 0 aromatic heterocycles. The third-order valence-electron chi connectivity index (χ3n) is 5.20. The normalized spacial score (nSPS) is 27.5. The maximum atomic E-state index is 12.7. The second-order valence-corrected chi connectivity index (χ2v) is 6.61. The van der Waals surface area contributed by atoms with Crippen molar-refractivity contribution < 1.29 is 18.0 Å². The van der Waals surface area contributed by atoms with Crippen LogP contribution in [0.5, 0.6) is 0 Å². The van der Waals surface area contributed by atoms with E-state index in [0.717, 1.165) is 44.4 Å². The quantitative estimate of drug-likeness (QED) is 0.896. The highest BCUT2D eigenvalue weighted by atomic mass is 19.4. The van der Waals surface area contributed by atoms with Crippen LogP contribution in [-0.2, 0) is 17.5 Å². The lowest BCUT2D eigenvalue weighted by Gasteiger charge is -2.37. The minimum absolute atomic E-state index is 0.0235. The molecule has 1 aromatic rings. The van der Waals surface area contributed by atoms with Crippen LogP contribution in [0.1, 0.15) is 36.8 Å². The van der Waals surface area contributed by atoms with Crippen LogP contribution in [0.25, 0.3) is 0 Å². The summed E-state index contributed by atoms with van der Waals surface area (Å²) in [6.45, 7) is 1.67. The van der Waals surface area contributed by atoms with Crippen LogP contribution in [0.3, 0.4) is 0 Å². The number of rotatable bonds is 3. The number of alkyl halides is 3. The predicted octanol–water partition coefficient (Wildman–Crippen LogP) is 3.10. The molecule has 0 bridgehead atoms. The Bertz CT molecular complexity index is 587.